The van der Waals surface area contributed by atoms with Gasteiger partial charge >= 0.3 is 5.43 Å². The van der Waals surface area contributed by atoms with Crippen LogP contribution in [0.4, 0.5) is 4.79 Å². The van der Waals surface area contributed by atoms with E-state index in [-0.39, 0.29) is 6.10 Å². The molecule has 2 nitrogen and oxygen atoms in total. The predicted molar refractivity (Wildman–Crippen MR) is 129 cm³/mol. The average Bonchev–Trinajstić information content (AvgIpc) is 3.05. The van der Waals surface area contributed by atoms with Gasteiger partial charge in [0.1, 0.15) is 6.10 Å². The number of hydrogen-bond acceptors (Lipinski definition) is 2. The highest BCUT2D eigenvalue weighted by atomic mass is 35.5. The Morgan fingerprint density at radius 3 is 2.58 bits per heavy atom. The van der Waals surface area contributed by atoms with Crippen LogP contribution < -0.4 is 0 Å². The lowest BCUT2D eigenvalue weighted by molar-refractivity contribution is -0.0573. The number of allylic oxidation sites excluding steroid dienone is 1. The fourth-order valence-electron chi connectivity index (χ4n) is 8.88. The van der Waals surface area contributed by atoms with Crippen LogP contribution in [0.2, 0.25) is 0 Å². The third-order valence-electron chi connectivity index (χ3n) is 10.5. The molecular weight excluding hydrogens is 404 g/mol. The van der Waals surface area contributed by atoms with E-state index in [1.165, 1.54) is 51.4 Å². The molecule has 0 saturated heterocycles. The quantitative estimate of drug-likeness (QED) is 0.299. The lowest BCUT2D eigenvalue weighted by atomic mass is 9.47. The summed E-state index contributed by atoms with van der Waals surface area (Å²) < 4.78 is 5.38. The molecule has 0 amide bonds. The first-order valence-electron chi connectivity index (χ1n) is 13.2. The normalized spacial score (nSPS) is 42.9. The first-order chi connectivity index (χ1) is 14.6. The van der Waals surface area contributed by atoms with Crippen molar-refractivity contribution in [2.24, 2.45) is 46.3 Å². The van der Waals surface area contributed by atoms with Crippen LogP contribution in [0, 0.1) is 46.3 Å². The van der Waals surface area contributed by atoms with E-state index in [0.717, 1.165) is 54.8 Å². The molecule has 4 aliphatic carbocycles. The van der Waals surface area contributed by atoms with Crippen molar-refractivity contribution in [2.75, 3.05) is 0 Å². The maximum atomic E-state index is 11.2. The Hall–Kier alpha value is -0.500. The van der Waals surface area contributed by atoms with E-state index < -0.39 is 5.43 Å². The van der Waals surface area contributed by atoms with Gasteiger partial charge in [-0.15, -0.1) is 0 Å². The summed E-state index contributed by atoms with van der Waals surface area (Å²) in [6.45, 7) is 12.5. The second kappa shape index (κ2) is 9.03. The minimum atomic E-state index is -0.643. The summed E-state index contributed by atoms with van der Waals surface area (Å²) in [6.07, 6.45) is 16.7. The Bertz CT molecular complexity index is 699. The van der Waals surface area contributed by atoms with Gasteiger partial charge in [0, 0.05) is 18.0 Å². The van der Waals surface area contributed by atoms with Gasteiger partial charge in [-0.25, -0.2) is 4.79 Å². The van der Waals surface area contributed by atoms with Crippen molar-refractivity contribution in [3.63, 3.8) is 0 Å². The molecule has 8 atom stereocenters. The molecule has 4 aliphatic rings. The summed E-state index contributed by atoms with van der Waals surface area (Å²) in [6, 6.07) is 0. The zero-order valence-corrected chi connectivity index (χ0v) is 21.3. The van der Waals surface area contributed by atoms with E-state index in [0.29, 0.717) is 10.8 Å². The number of halogens is 1. The molecule has 0 unspecified atom stereocenters. The van der Waals surface area contributed by atoms with Gasteiger partial charge in [0.2, 0.25) is 0 Å². The molecule has 0 aromatic heterocycles. The monoisotopic (exact) mass is 448 g/mol. The van der Waals surface area contributed by atoms with Crippen molar-refractivity contribution in [1.29, 1.82) is 0 Å². The van der Waals surface area contributed by atoms with Crippen LogP contribution in [0.1, 0.15) is 105 Å². The highest BCUT2D eigenvalue weighted by molar-refractivity contribution is 6.61. The first kappa shape index (κ1) is 23.7. The predicted octanol–water partition coefficient (Wildman–Crippen LogP) is 8.77. The van der Waals surface area contributed by atoms with Crippen molar-refractivity contribution in [3.05, 3.63) is 11.6 Å². The van der Waals surface area contributed by atoms with Crippen LogP contribution in [-0.4, -0.2) is 11.5 Å². The Morgan fingerprint density at radius 2 is 1.87 bits per heavy atom. The summed E-state index contributed by atoms with van der Waals surface area (Å²) in [5, 5.41) is 0. The van der Waals surface area contributed by atoms with Gasteiger partial charge in [0.25, 0.3) is 0 Å². The molecule has 0 aliphatic heterocycles. The molecule has 4 rings (SSSR count). The summed E-state index contributed by atoms with van der Waals surface area (Å²) in [5.41, 5.74) is 1.77. The molecule has 0 spiro atoms. The smallest absolute Gasteiger partial charge is 0.404 e. The first-order valence-corrected chi connectivity index (χ1v) is 13.6. The van der Waals surface area contributed by atoms with E-state index >= 15 is 0 Å². The Kier molecular flexibility index (Phi) is 6.89. The molecule has 31 heavy (non-hydrogen) atoms. The highest BCUT2D eigenvalue weighted by Gasteiger charge is 2.59. The number of rotatable bonds is 6. The van der Waals surface area contributed by atoms with E-state index in [1.54, 1.807) is 5.57 Å². The van der Waals surface area contributed by atoms with Crippen LogP contribution in [0.25, 0.3) is 0 Å². The van der Waals surface area contributed by atoms with Crippen molar-refractivity contribution in [3.8, 4) is 0 Å². The van der Waals surface area contributed by atoms with E-state index in [1.807, 2.05) is 0 Å². The molecule has 0 N–H and O–H groups in total. The molecule has 0 aromatic rings. The van der Waals surface area contributed by atoms with Crippen LogP contribution >= 0.6 is 11.6 Å². The minimum Gasteiger partial charge on any atom is -0.450 e. The lowest BCUT2D eigenvalue weighted by Crippen LogP contribution is -2.51. The van der Waals surface area contributed by atoms with Crippen molar-refractivity contribution in [1.82, 2.24) is 0 Å². The van der Waals surface area contributed by atoms with Crippen molar-refractivity contribution >= 4 is 17.0 Å². The topological polar surface area (TPSA) is 26.3 Å². The number of hydrogen-bond donors (Lipinski definition) is 0. The number of fused-ring (bicyclic) bond motifs is 5. The summed E-state index contributed by atoms with van der Waals surface area (Å²) in [5.74, 6) is 5.19. The van der Waals surface area contributed by atoms with Crippen LogP contribution in [0.3, 0.4) is 0 Å². The van der Waals surface area contributed by atoms with Gasteiger partial charge in [-0.1, -0.05) is 65.5 Å². The van der Waals surface area contributed by atoms with E-state index in [4.69, 9.17) is 16.3 Å². The molecule has 0 heterocycles. The Balaban J connectivity index is 1.47. The Labute approximate surface area is 195 Å². The molecule has 3 saturated carbocycles. The summed E-state index contributed by atoms with van der Waals surface area (Å²) in [7, 11) is 0. The second-order valence-corrected chi connectivity index (χ2v) is 12.8. The molecule has 0 radical (unpaired) electrons. The summed E-state index contributed by atoms with van der Waals surface area (Å²) >= 11 is 5.51. The number of ether oxygens (including phenoxy) is 1. The third kappa shape index (κ3) is 4.36. The van der Waals surface area contributed by atoms with Gasteiger partial charge in [-0.3, -0.25) is 0 Å². The summed E-state index contributed by atoms with van der Waals surface area (Å²) in [4.78, 5) is 11.2. The maximum Gasteiger partial charge on any atom is 0.404 e. The van der Waals surface area contributed by atoms with Crippen molar-refractivity contribution < 1.29 is 9.53 Å². The molecule has 176 valence electrons. The minimum absolute atomic E-state index is 0.0164. The average molecular weight is 449 g/mol. The van der Waals surface area contributed by atoms with Gasteiger partial charge in [0.15, 0.2) is 0 Å². The molecule has 3 heteroatoms. The van der Waals surface area contributed by atoms with E-state index in [2.05, 4.69) is 40.7 Å². The molecule has 3 fully saturated rings. The second-order valence-electron chi connectivity index (χ2n) is 12.5. The van der Waals surface area contributed by atoms with Crippen LogP contribution in [-0.2, 0) is 4.74 Å². The highest BCUT2D eigenvalue weighted by Crippen LogP contribution is 2.67. The largest absolute Gasteiger partial charge is 0.450 e. The maximum absolute atomic E-state index is 11.2. The van der Waals surface area contributed by atoms with Gasteiger partial charge in [-0.2, -0.15) is 0 Å². The zero-order chi connectivity index (χ0) is 22.4. The SMILES string of the molecule is CC(C)CCC[C@@H](C)[C@@H]1CC[C@@H]2[C@H]3CC=C4C[C@@H](OC(=O)Cl)CC[C@]4(C)[C@H]3CC[C@@]21C. The number of carbonyl (C=O) groups excluding carboxylic acids is 1. The van der Waals surface area contributed by atoms with Gasteiger partial charge in [-0.05, 0) is 91.3 Å². The fourth-order valence-corrected chi connectivity index (χ4v) is 9.01. The van der Waals surface area contributed by atoms with Crippen LogP contribution in [0.15, 0.2) is 11.6 Å². The molecule has 0 aromatic carbocycles. The van der Waals surface area contributed by atoms with E-state index in [9.17, 15) is 4.79 Å². The Morgan fingerprint density at radius 1 is 1.10 bits per heavy atom. The van der Waals surface area contributed by atoms with Crippen molar-refractivity contribution in [2.45, 2.75) is 111 Å². The number of carbonyl (C=O) groups is 1. The fraction of sp³-hybridized carbons (Fsp3) is 0.893. The third-order valence-corrected chi connectivity index (χ3v) is 10.6. The molecule has 0 bridgehead atoms. The zero-order valence-electron chi connectivity index (χ0n) is 20.6. The standard InChI is InChI=1S/C28H45ClO2/c1-18(2)7-6-8-19(3)23-11-12-24-22-10-9-20-17-21(31-26(29)30)13-15-27(20,4)25(22)14-16-28(23,24)5/h9,18-19,21-25H,6-8,10-17H2,1-5H3/t19-,21+,22-,23+,24-,25+,27+,28-/m1/s1. The van der Waals surface area contributed by atoms with Gasteiger partial charge < -0.3 is 4.74 Å². The molecular formula is C28H45ClO2. The lowest BCUT2D eigenvalue weighted by Gasteiger charge is -2.58. The van der Waals surface area contributed by atoms with Gasteiger partial charge in [0.05, 0.1) is 0 Å². The van der Waals surface area contributed by atoms with Crippen LogP contribution in [0.5, 0.6) is 0 Å².